The molecule has 15 aromatic rings. The maximum Gasteiger partial charge on any atom is 0.262 e. The van der Waals surface area contributed by atoms with Crippen molar-refractivity contribution in [2.75, 3.05) is 0 Å². The molecule has 2 fully saturated rings. The molecule has 2 unspecified atom stereocenters. The number of fused-ring (bicyclic) bond motifs is 8. The lowest BCUT2D eigenvalue weighted by atomic mass is 9.80. The SMILES string of the molecule is Cc1ccc(Oc2cc3c4c(cc(Oc5ccc(C)cc5)c5c6c(Oc7ccc(C)cc7)cc7c8c(cc(Oc9ccc(C)cc9)c(c2c45)c86)C(=O)N(C(Cc2ccc4oc5ccccc5c4c2)C(=O)NC2CCCCC2)C7=O)C(=O)N(C(Cc2ccc4oc5ccccc5c4c2)C(=O)NC2CCCCC2)C3=O)cc1. The van der Waals surface area contributed by atoms with Gasteiger partial charge in [0, 0.05) is 89.6 Å². The topological polar surface area (TPSA) is 196 Å². The van der Waals surface area contributed by atoms with Gasteiger partial charge in [0.1, 0.15) is 80.4 Å². The summed E-state index contributed by atoms with van der Waals surface area (Å²) in [5.74, 6) is -1.95. The Morgan fingerprint density at radius 2 is 0.636 bits per heavy atom. The Kier molecular flexibility index (Phi) is 16.7. The average molecular weight is 1450 g/mol. The Balaban J connectivity index is 0.894. The molecule has 19 rings (SSSR count). The van der Waals surface area contributed by atoms with Crippen LogP contribution in [0.5, 0.6) is 46.0 Å². The lowest BCUT2D eigenvalue weighted by Crippen LogP contribution is -2.56. The molecular weight excluding hydrogens is 1380 g/mol. The number of nitrogens with zero attached hydrogens (tertiary/aromatic N) is 2. The van der Waals surface area contributed by atoms with Gasteiger partial charge >= 0.3 is 0 Å². The maximum atomic E-state index is 16.8. The van der Waals surface area contributed by atoms with E-state index in [0.29, 0.717) is 88.8 Å². The van der Waals surface area contributed by atoms with Crippen LogP contribution in [0.25, 0.3) is 87.0 Å². The van der Waals surface area contributed by atoms with Gasteiger partial charge in [0.2, 0.25) is 11.8 Å². The minimum Gasteiger partial charge on any atom is -0.457 e. The van der Waals surface area contributed by atoms with Gasteiger partial charge < -0.3 is 38.4 Å². The number of furan rings is 2. The molecule has 4 heterocycles. The van der Waals surface area contributed by atoms with Gasteiger partial charge in [0.05, 0.1) is 22.3 Å². The molecule has 0 radical (unpaired) electrons. The van der Waals surface area contributed by atoms with Gasteiger partial charge in [-0.3, -0.25) is 38.6 Å². The van der Waals surface area contributed by atoms with Crippen molar-refractivity contribution in [3.05, 3.63) is 262 Å². The number of carbonyl (C=O) groups excluding carboxylic acids is 6. The van der Waals surface area contributed by atoms with Gasteiger partial charge in [0.15, 0.2) is 0 Å². The summed E-state index contributed by atoms with van der Waals surface area (Å²) in [6.45, 7) is 7.87. The van der Waals surface area contributed by atoms with Gasteiger partial charge in [-0.15, -0.1) is 0 Å². The van der Waals surface area contributed by atoms with E-state index in [1.807, 2.05) is 210 Å². The zero-order valence-electron chi connectivity index (χ0n) is 61.2. The summed E-state index contributed by atoms with van der Waals surface area (Å²) in [7, 11) is 0. The molecule has 0 saturated heterocycles. The summed E-state index contributed by atoms with van der Waals surface area (Å²) in [4.78, 5) is 101. The number of amides is 6. The molecular formula is C94H76N4O12. The summed E-state index contributed by atoms with van der Waals surface area (Å²) in [6, 6.07) is 60.3. The van der Waals surface area contributed by atoms with Gasteiger partial charge in [-0.1, -0.05) is 158 Å². The van der Waals surface area contributed by atoms with Gasteiger partial charge in [0.25, 0.3) is 23.6 Å². The molecule has 2 atom stereocenters. The van der Waals surface area contributed by atoms with Crippen LogP contribution >= 0.6 is 0 Å². The fraction of sp³-hybridized carbons (Fsp3) is 0.213. The second kappa shape index (κ2) is 27.1. The Hall–Kier alpha value is -12.8. The quantitative estimate of drug-likeness (QED) is 0.0469. The summed E-state index contributed by atoms with van der Waals surface area (Å²) in [6.07, 6.45) is 8.56. The number of hydrogen-bond donors (Lipinski definition) is 2. The molecule has 13 aromatic carbocycles. The molecule has 0 spiro atoms. The molecule has 110 heavy (non-hydrogen) atoms. The number of nitrogens with one attached hydrogen (secondary N) is 2. The van der Waals surface area contributed by atoms with Crippen LogP contribution in [-0.4, -0.2) is 69.4 Å². The molecule has 0 bridgehead atoms. The third-order valence-electron chi connectivity index (χ3n) is 22.8. The van der Waals surface area contributed by atoms with Crippen LogP contribution in [0.1, 0.15) is 139 Å². The van der Waals surface area contributed by atoms with Crippen molar-refractivity contribution in [3.63, 3.8) is 0 Å². The third kappa shape index (κ3) is 11.8. The number of hydrogen-bond acceptors (Lipinski definition) is 12. The number of para-hydroxylation sites is 2. The first-order valence-electron chi connectivity index (χ1n) is 38.1. The third-order valence-corrected chi connectivity index (χ3v) is 22.8. The molecule has 16 nitrogen and oxygen atoms in total. The fourth-order valence-electron chi connectivity index (χ4n) is 17.3. The summed E-state index contributed by atoms with van der Waals surface area (Å²) in [5.41, 5.74) is 8.05. The van der Waals surface area contributed by atoms with Gasteiger partial charge in [-0.25, -0.2) is 0 Å². The highest BCUT2D eigenvalue weighted by Gasteiger charge is 2.47. The van der Waals surface area contributed by atoms with E-state index in [2.05, 4.69) is 10.6 Å². The molecule has 16 heteroatoms. The predicted molar refractivity (Wildman–Crippen MR) is 426 cm³/mol. The molecule has 6 amide bonds. The van der Waals surface area contributed by atoms with Gasteiger partial charge in [-0.2, -0.15) is 0 Å². The van der Waals surface area contributed by atoms with E-state index >= 15 is 28.8 Å². The van der Waals surface area contributed by atoms with Crippen LogP contribution in [0, 0.1) is 27.7 Å². The fourth-order valence-corrected chi connectivity index (χ4v) is 17.3. The first kappa shape index (κ1) is 67.8. The molecule has 544 valence electrons. The second-order valence-corrected chi connectivity index (χ2v) is 30.3. The number of rotatable bonds is 18. The van der Waals surface area contributed by atoms with E-state index in [1.54, 1.807) is 24.3 Å². The lowest BCUT2D eigenvalue weighted by molar-refractivity contribution is -0.126. The monoisotopic (exact) mass is 1450 g/mol. The molecule has 2 saturated carbocycles. The Bertz CT molecular complexity index is 5720. The van der Waals surface area contributed by atoms with Crippen molar-refractivity contribution in [2.45, 2.75) is 129 Å². The number of aryl methyl sites for hydroxylation is 4. The van der Waals surface area contributed by atoms with Crippen molar-refractivity contribution in [3.8, 4) is 46.0 Å². The normalized spacial score (nSPS) is 15.5. The highest BCUT2D eigenvalue weighted by atomic mass is 16.5. The van der Waals surface area contributed by atoms with Gasteiger partial charge in [-0.05, 0) is 174 Å². The van der Waals surface area contributed by atoms with E-state index in [4.69, 9.17) is 27.8 Å². The molecule has 2 aromatic heterocycles. The molecule has 2 N–H and O–H groups in total. The van der Waals surface area contributed by atoms with E-state index in [1.165, 1.54) is 0 Å². The van der Waals surface area contributed by atoms with E-state index in [9.17, 15) is 0 Å². The number of ether oxygens (including phenoxy) is 4. The number of carbonyl (C=O) groups is 6. The van der Waals surface area contributed by atoms with Crippen LogP contribution in [0.15, 0.2) is 215 Å². The Morgan fingerprint density at radius 1 is 0.345 bits per heavy atom. The van der Waals surface area contributed by atoms with E-state index in [0.717, 1.165) is 118 Å². The van der Waals surface area contributed by atoms with Crippen molar-refractivity contribution >= 4 is 122 Å². The largest absolute Gasteiger partial charge is 0.457 e. The van der Waals surface area contributed by atoms with E-state index < -0.39 is 47.5 Å². The lowest BCUT2D eigenvalue weighted by Gasteiger charge is -2.36. The molecule has 2 aliphatic heterocycles. The second-order valence-electron chi connectivity index (χ2n) is 30.3. The van der Waals surface area contributed by atoms with Crippen molar-refractivity contribution in [1.82, 2.24) is 20.4 Å². The van der Waals surface area contributed by atoms with Crippen LogP contribution in [0.2, 0.25) is 0 Å². The minimum atomic E-state index is -1.39. The van der Waals surface area contributed by atoms with Crippen molar-refractivity contribution < 1.29 is 56.5 Å². The van der Waals surface area contributed by atoms with Crippen LogP contribution < -0.4 is 29.6 Å². The number of benzene rings is 13. The zero-order chi connectivity index (χ0) is 74.7. The number of imide groups is 2. The Labute approximate surface area is 632 Å². The highest BCUT2D eigenvalue weighted by molar-refractivity contribution is 6.45. The van der Waals surface area contributed by atoms with Crippen molar-refractivity contribution in [2.24, 2.45) is 0 Å². The molecule has 2 aliphatic carbocycles. The maximum absolute atomic E-state index is 16.8. The summed E-state index contributed by atoms with van der Waals surface area (Å²) < 4.78 is 41.9. The highest BCUT2D eigenvalue weighted by Crippen LogP contribution is 2.58. The van der Waals surface area contributed by atoms with Crippen molar-refractivity contribution in [1.29, 1.82) is 0 Å². The summed E-state index contributed by atoms with van der Waals surface area (Å²) >= 11 is 0. The van der Waals surface area contributed by atoms with E-state index in [-0.39, 0.29) is 80.9 Å². The minimum absolute atomic E-state index is 0.0463. The standard InChI is InChI=1S/C94H76N4O12/c1-51-23-33-59(34-24-51)105-77-47-67-81-68(92(102)97(91(67)101)71(89(99)95-57-15-7-5-8-16-57)45-55-31-41-75-65(43-55)63-19-11-13-21-73(63)109-75)49-79(107-61-37-27-53(3)28-38-61)85-86-80(108-62-39-29-54(4)30-40-62)50-70-82-69(48-78(84(88(82)86)83(77)87(81)85)106-60-35-25-52(2)26-36-60)93(103)98(94(70)104)72(90(100)96-58-17-9-6-10-18-58)46-56-32-42-76-66(44-56)64-20-12-14-22-74(64)110-76/h11-14,19-44,47-50,57-58,71-72H,5-10,15-18,45-46H2,1-4H3,(H,95,99)(H,96,100). The Morgan fingerprint density at radius 3 is 0.945 bits per heavy atom. The first-order valence-corrected chi connectivity index (χ1v) is 38.1. The predicted octanol–water partition coefficient (Wildman–Crippen LogP) is 21.3. The van der Waals surface area contributed by atoms with Crippen LogP contribution in [-0.2, 0) is 22.4 Å². The van der Waals surface area contributed by atoms with Crippen LogP contribution in [0.3, 0.4) is 0 Å². The summed E-state index contributed by atoms with van der Waals surface area (Å²) in [5, 5.41) is 12.4. The van der Waals surface area contributed by atoms with Crippen LogP contribution in [0.4, 0.5) is 0 Å². The smallest absolute Gasteiger partial charge is 0.262 e. The molecule has 4 aliphatic rings. The zero-order valence-corrected chi connectivity index (χ0v) is 61.2. The average Bonchev–Trinajstić information content (AvgIpc) is 0.852. The first-order chi connectivity index (χ1) is 53.6.